The summed E-state index contributed by atoms with van der Waals surface area (Å²) in [5.41, 5.74) is 14.9. The molecule has 0 bridgehead atoms. The van der Waals surface area contributed by atoms with Crippen molar-refractivity contribution in [3.63, 3.8) is 0 Å². The minimum absolute atomic E-state index is 0.978. The first kappa shape index (κ1) is 18.8. The first-order valence-corrected chi connectivity index (χ1v) is 11.3. The molecular weight excluding hydrogens is 384 g/mol. The van der Waals surface area contributed by atoms with Crippen LogP contribution in [-0.2, 0) is 6.42 Å². The van der Waals surface area contributed by atoms with Crippen LogP contribution in [0.4, 0.5) is 0 Å². The van der Waals surface area contributed by atoms with Gasteiger partial charge in [0.15, 0.2) is 0 Å². The van der Waals surface area contributed by atoms with E-state index in [2.05, 4.69) is 122 Å². The largest absolute Gasteiger partial charge is 0.0622 e. The quantitative estimate of drug-likeness (QED) is 0.275. The highest BCUT2D eigenvalue weighted by atomic mass is 14.3. The summed E-state index contributed by atoms with van der Waals surface area (Å²) >= 11 is 0. The Morgan fingerprint density at radius 1 is 0.438 bits per heavy atom. The molecule has 0 spiro atoms. The van der Waals surface area contributed by atoms with Gasteiger partial charge < -0.3 is 0 Å². The second-order valence-corrected chi connectivity index (χ2v) is 8.54. The molecule has 5 aromatic carbocycles. The minimum Gasteiger partial charge on any atom is -0.0622 e. The second kappa shape index (κ2) is 7.66. The van der Waals surface area contributed by atoms with Crippen LogP contribution >= 0.6 is 0 Å². The molecule has 0 saturated carbocycles. The van der Waals surface area contributed by atoms with Crippen molar-refractivity contribution < 1.29 is 0 Å². The number of fused-ring (bicyclic) bond motifs is 3. The van der Waals surface area contributed by atoms with Gasteiger partial charge in [-0.25, -0.2) is 0 Å². The molecular formula is C32H24. The average Bonchev–Trinajstić information content (AvgIpc) is 3.25. The maximum absolute atomic E-state index is 2.31. The van der Waals surface area contributed by atoms with Gasteiger partial charge in [-0.3, -0.25) is 0 Å². The Balaban J connectivity index is 1.82. The fourth-order valence-corrected chi connectivity index (χ4v) is 5.37. The summed E-state index contributed by atoms with van der Waals surface area (Å²) in [4.78, 5) is 0. The molecule has 0 heterocycles. The molecule has 0 radical (unpaired) electrons. The molecule has 1 aliphatic rings. The Bertz CT molecular complexity index is 1410. The molecule has 0 heteroatoms. The molecule has 32 heavy (non-hydrogen) atoms. The Hall–Kier alpha value is -3.90. The van der Waals surface area contributed by atoms with Crippen LogP contribution in [0.3, 0.4) is 0 Å². The predicted molar refractivity (Wildman–Crippen MR) is 136 cm³/mol. The number of rotatable bonds is 3. The van der Waals surface area contributed by atoms with E-state index >= 15 is 0 Å². The van der Waals surface area contributed by atoms with Gasteiger partial charge in [0.1, 0.15) is 0 Å². The van der Waals surface area contributed by atoms with E-state index in [1.54, 1.807) is 0 Å². The van der Waals surface area contributed by atoms with Crippen LogP contribution in [0, 0.1) is 6.92 Å². The lowest BCUT2D eigenvalue weighted by Crippen LogP contribution is -2.00. The number of hydrogen-bond donors (Lipinski definition) is 0. The van der Waals surface area contributed by atoms with Gasteiger partial charge in [0.05, 0.1) is 0 Å². The van der Waals surface area contributed by atoms with E-state index in [1.165, 1.54) is 61.2 Å². The predicted octanol–water partition coefficient (Wildman–Crippen LogP) is 8.57. The molecule has 0 N–H and O–H groups in total. The van der Waals surface area contributed by atoms with E-state index < -0.39 is 0 Å². The molecule has 5 aromatic rings. The summed E-state index contributed by atoms with van der Waals surface area (Å²) in [5, 5.41) is 0. The van der Waals surface area contributed by atoms with Gasteiger partial charge in [-0.15, -0.1) is 0 Å². The molecule has 0 amide bonds. The first-order valence-electron chi connectivity index (χ1n) is 11.3. The summed E-state index contributed by atoms with van der Waals surface area (Å²) in [6, 6.07) is 41.6. The smallest absolute Gasteiger partial charge is 0.000695 e. The molecule has 1 aliphatic carbocycles. The van der Waals surface area contributed by atoms with Gasteiger partial charge in [-0.1, -0.05) is 115 Å². The lowest BCUT2D eigenvalue weighted by atomic mass is 9.79. The maximum Gasteiger partial charge on any atom is -0.000695 e. The molecule has 0 aromatic heterocycles. The van der Waals surface area contributed by atoms with E-state index in [0.717, 1.165) is 6.42 Å². The molecule has 0 fully saturated rings. The Labute approximate surface area is 189 Å². The summed E-state index contributed by atoms with van der Waals surface area (Å²) in [5.74, 6) is 0. The Kier molecular flexibility index (Phi) is 4.51. The highest BCUT2D eigenvalue weighted by Crippen LogP contribution is 2.52. The normalized spacial score (nSPS) is 11.8. The lowest BCUT2D eigenvalue weighted by molar-refractivity contribution is 1.26. The lowest BCUT2D eigenvalue weighted by Gasteiger charge is -2.24. The van der Waals surface area contributed by atoms with Crippen molar-refractivity contribution >= 4 is 0 Å². The van der Waals surface area contributed by atoms with Crippen LogP contribution < -0.4 is 0 Å². The van der Waals surface area contributed by atoms with Crippen molar-refractivity contribution in [2.45, 2.75) is 13.3 Å². The molecule has 0 unspecified atom stereocenters. The molecule has 0 saturated heterocycles. The zero-order chi connectivity index (χ0) is 21.5. The van der Waals surface area contributed by atoms with Crippen molar-refractivity contribution in [3.05, 3.63) is 132 Å². The summed E-state index contributed by atoms with van der Waals surface area (Å²) < 4.78 is 0. The molecule has 0 nitrogen and oxygen atoms in total. The summed E-state index contributed by atoms with van der Waals surface area (Å²) in [6.07, 6.45) is 0.978. The average molecular weight is 409 g/mol. The van der Waals surface area contributed by atoms with Gasteiger partial charge in [0.2, 0.25) is 0 Å². The van der Waals surface area contributed by atoms with E-state index in [1.807, 2.05) is 0 Å². The van der Waals surface area contributed by atoms with Crippen molar-refractivity contribution in [2.75, 3.05) is 0 Å². The van der Waals surface area contributed by atoms with Crippen molar-refractivity contribution in [2.24, 2.45) is 0 Å². The van der Waals surface area contributed by atoms with Crippen LogP contribution in [0.2, 0.25) is 0 Å². The van der Waals surface area contributed by atoms with E-state index in [0.29, 0.717) is 0 Å². The topological polar surface area (TPSA) is 0 Å². The fraction of sp³-hybridized carbons (Fsp3) is 0.0625. The molecule has 6 rings (SSSR count). The standard InChI is InChI=1S/C32H24/c1-22-29(23-13-5-2-6-14-23)32(25-17-9-4-10-18-25)31(24-15-7-3-8-16-24)28-21-26-19-11-12-20-27(26)30(22)28/h2-20H,21H2,1H3. The highest BCUT2D eigenvalue weighted by Gasteiger charge is 2.29. The monoisotopic (exact) mass is 408 g/mol. The van der Waals surface area contributed by atoms with E-state index in [9.17, 15) is 0 Å². The second-order valence-electron chi connectivity index (χ2n) is 8.54. The number of benzene rings is 5. The molecule has 0 aliphatic heterocycles. The molecule has 0 atom stereocenters. The fourth-order valence-electron chi connectivity index (χ4n) is 5.37. The minimum atomic E-state index is 0.978. The zero-order valence-corrected chi connectivity index (χ0v) is 18.2. The maximum atomic E-state index is 2.31. The summed E-state index contributed by atoms with van der Waals surface area (Å²) in [6.45, 7) is 2.31. The third kappa shape index (κ3) is 2.92. The van der Waals surface area contributed by atoms with E-state index in [4.69, 9.17) is 0 Å². The number of hydrogen-bond acceptors (Lipinski definition) is 0. The van der Waals surface area contributed by atoms with Crippen LogP contribution in [0.25, 0.3) is 44.5 Å². The SMILES string of the molecule is Cc1c2c(c(-c3ccccc3)c(-c3ccccc3)c1-c1ccccc1)Cc1ccccc1-2. The van der Waals surface area contributed by atoms with Crippen LogP contribution in [0.1, 0.15) is 16.7 Å². The third-order valence-corrected chi connectivity index (χ3v) is 6.69. The van der Waals surface area contributed by atoms with Crippen LogP contribution in [0.15, 0.2) is 115 Å². The van der Waals surface area contributed by atoms with Crippen molar-refractivity contribution in [1.29, 1.82) is 0 Å². The van der Waals surface area contributed by atoms with E-state index in [-0.39, 0.29) is 0 Å². The van der Waals surface area contributed by atoms with Gasteiger partial charge in [-0.05, 0) is 74.5 Å². The van der Waals surface area contributed by atoms with Gasteiger partial charge >= 0.3 is 0 Å². The van der Waals surface area contributed by atoms with Gasteiger partial charge in [0, 0.05) is 0 Å². The first-order chi connectivity index (χ1) is 15.8. The van der Waals surface area contributed by atoms with Gasteiger partial charge in [0.25, 0.3) is 0 Å². The van der Waals surface area contributed by atoms with Crippen LogP contribution in [-0.4, -0.2) is 0 Å². The van der Waals surface area contributed by atoms with Gasteiger partial charge in [-0.2, -0.15) is 0 Å². The molecule has 152 valence electrons. The zero-order valence-electron chi connectivity index (χ0n) is 18.2. The Morgan fingerprint density at radius 3 is 1.50 bits per heavy atom. The third-order valence-electron chi connectivity index (χ3n) is 6.69. The van der Waals surface area contributed by atoms with Crippen LogP contribution in [0.5, 0.6) is 0 Å². The van der Waals surface area contributed by atoms with Crippen molar-refractivity contribution in [1.82, 2.24) is 0 Å². The van der Waals surface area contributed by atoms with Crippen molar-refractivity contribution in [3.8, 4) is 44.5 Å². The Morgan fingerprint density at radius 2 is 0.906 bits per heavy atom. The summed E-state index contributed by atoms with van der Waals surface area (Å²) in [7, 11) is 0. The highest BCUT2D eigenvalue weighted by molar-refractivity contribution is 6.03.